The summed E-state index contributed by atoms with van der Waals surface area (Å²) in [5.41, 5.74) is 1.57. The zero-order valence-electron chi connectivity index (χ0n) is 23.5. The normalized spacial score (nSPS) is 26.5. The van der Waals surface area contributed by atoms with Gasteiger partial charge in [-0.25, -0.2) is 0 Å². The Morgan fingerprint density at radius 3 is 2.57 bits per heavy atom. The minimum absolute atomic E-state index is 0.350. The van der Waals surface area contributed by atoms with E-state index < -0.39 is 0 Å². The third-order valence-electron chi connectivity index (χ3n) is 9.89. The topological polar surface area (TPSA) is 20.3 Å². The average Bonchev–Trinajstić information content (AvgIpc) is 3.20. The van der Waals surface area contributed by atoms with Crippen LogP contribution in [0.4, 0.5) is 0 Å². The molecule has 1 aromatic carbocycles. The Morgan fingerprint density at radius 2 is 1.94 bits per heavy atom. The molecule has 0 radical (unpaired) electrons. The molecule has 0 aromatic heterocycles. The Labute approximate surface area is 220 Å². The third kappa shape index (κ3) is 7.91. The van der Waals surface area contributed by atoms with Gasteiger partial charge in [0.2, 0.25) is 0 Å². The molecule has 1 saturated carbocycles. The Morgan fingerprint density at radius 1 is 1.20 bits per heavy atom. The molecule has 1 aliphatic carbocycles. The van der Waals surface area contributed by atoms with Gasteiger partial charge in [-0.15, -0.1) is 9.24 Å². The number of Topliss-reactive ketones (excluding diaryl/α,β-unsaturated/α-hetero) is 1. The smallest absolute Gasteiger partial charge is 0.129 e. The molecule has 1 aliphatic heterocycles. The summed E-state index contributed by atoms with van der Waals surface area (Å²) >= 11 is 0. The van der Waals surface area contributed by atoms with Crippen molar-refractivity contribution in [2.24, 2.45) is 23.7 Å². The number of nitrogens with zero attached hydrogens (tertiary/aromatic N) is 1. The van der Waals surface area contributed by atoms with E-state index in [1.807, 2.05) is 0 Å². The van der Waals surface area contributed by atoms with Crippen LogP contribution in [0.1, 0.15) is 110 Å². The molecule has 1 aromatic rings. The fourth-order valence-electron chi connectivity index (χ4n) is 7.63. The average molecular weight is 498 g/mol. The van der Waals surface area contributed by atoms with Crippen LogP contribution in [-0.2, 0) is 4.79 Å². The monoisotopic (exact) mass is 497 g/mol. The lowest BCUT2D eigenvalue weighted by Gasteiger charge is -2.47. The first-order valence-electron chi connectivity index (χ1n) is 14.8. The van der Waals surface area contributed by atoms with Crippen molar-refractivity contribution < 1.29 is 4.79 Å². The van der Waals surface area contributed by atoms with Gasteiger partial charge in [-0.2, -0.15) is 0 Å². The molecule has 2 fully saturated rings. The molecule has 0 amide bonds. The number of hydrogen-bond donors (Lipinski definition) is 0. The van der Waals surface area contributed by atoms with E-state index in [4.69, 9.17) is 0 Å². The van der Waals surface area contributed by atoms with Crippen LogP contribution >= 0.6 is 9.24 Å². The maximum absolute atomic E-state index is 11.6. The van der Waals surface area contributed by atoms with E-state index in [1.54, 1.807) is 12.5 Å². The minimum Gasteiger partial charge on any atom is -0.303 e. The van der Waals surface area contributed by atoms with Crippen molar-refractivity contribution in [3.05, 3.63) is 29.8 Å². The molecule has 0 N–H and O–H groups in total. The van der Waals surface area contributed by atoms with Gasteiger partial charge in [-0.05, 0) is 91.5 Å². The Balaban J connectivity index is 1.73. The summed E-state index contributed by atoms with van der Waals surface area (Å²) < 4.78 is 0. The highest BCUT2D eigenvalue weighted by molar-refractivity contribution is 7.27. The maximum atomic E-state index is 11.6. The van der Waals surface area contributed by atoms with Crippen LogP contribution in [0.15, 0.2) is 24.3 Å². The van der Waals surface area contributed by atoms with Crippen LogP contribution in [-0.4, -0.2) is 38.2 Å². The van der Waals surface area contributed by atoms with Crippen molar-refractivity contribution in [3.63, 3.8) is 0 Å². The van der Waals surface area contributed by atoms with Crippen molar-refractivity contribution in [1.29, 1.82) is 0 Å². The molecule has 0 bridgehead atoms. The van der Waals surface area contributed by atoms with Gasteiger partial charge in [0.1, 0.15) is 13.6 Å². The highest BCUT2D eigenvalue weighted by atomic mass is 31.0. The van der Waals surface area contributed by atoms with Crippen LogP contribution in [0, 0.1) is 23.7 Å². The molecule has 1 heterocycles. The molecule has 4 unspecified atom stereocenters. The summed E-state index contributed by atoms with van der Waals surface area (Å²) in [4.78, 5) is 14.4. The van der Waals surface area contributed by atoms with E-state index in [0.29, 0.717) is 17.0 Å². The van der Waals surface area contributed by atoms with Gasteiger partial charge in [-0.1, -0.05) is 83.6 Å². The van der Waals surface area contributed by atoms with E-state index >= 15 is 0 Å². The van der Waals surface area contributed by atoms with Crippen LogP contribution in [0.2, 0.25) is 5.31 Å². The lowest BCUT2D eigenvalue weighted by molar-refractivity contribution is -0.117. The van der Waals surface area contributed by atoms with Gasteiger partial charge in [0.05, 0.1) is 0 Å². The number of ketones is 1. The molecular formula is C31H53BNOP. The van der Waals surface area contributed by atoms with Gasteiger partial charge >= 0.3 is 0 Å². The predicted octanol–water partition coefficient (Wildman–Crippen LogP) is 6.80. The van der Waals surface area contributed by atoms with Crippen LogP contribution < -0.4 is 5.30 Å². The zero-order valence-corrected chi connectivity index (χ0v) is 24.7. The van der Waals surface area contributed by atoms with E-state index in [-0.39, 0.29) is 0 Å². The first kappa shape index (κ1) is 28.9. The molecule has 2 nitrogen and oxygen atoms in total. The van der Waals surface area contributed by atoms with Crippen molar-refractivity contribution in [2.45, 2.75) is 110 Å². The van der Waals surface area contributed by atoms with Crippen molar-refractivity contribution in [2.75, 3.05) is 19.6 Å². The lowest BCUT2D eigenvalue weighted by Crippen LogP contribution is -2.41. The number of carbonyl (C=O) groups excluding carboxylic acids is 1. The second-order valence-electron chi connectivity index (χ2n) is 12.5. The second kappa shape index (κ2) is 13.8. The van der Waals surface area contributed by atoms with E-state index in [2.05, 4.69) is 67.0 Å². The number of piperidine rings is 1. The first-order chi connectivity index (χ1) is 16.8. The van der Waals surface area contributed by atoms with E-state index in [0.717, 1.165) is 36.5 Å². The van der Waals surface area contributed by atoms with Gasteiger partial charge in [0, 0.05) is 13.0 Å². The highest BCUT2D eigenvalue weighted by Crippen LogP contribution is 2.61. The molecule has 196 valence electrons. The van der Waals surface area contributed by atoms with Gasteiger partial charge in [0.15, 0.2) is 0 Å². The fraction of sp³-hybridized carbons (Fsp3) is 0.774. The number of likely N-dealkylation sites (tertiary alicyclic amines) is 1. The first-order valence-corrected chi connectivity index (χ1v) is 15.4. The maximum Gasteiger partial charge on any atom is 0.129 e. The number of hydrogen-bond acceptors (Lipinski definition) is 2. The highest BCUT2D eigenvalue weighted by Gasteiger charge is 2.47. The summed E-state index contributed by atoms with van der Waals surface area (Å²) in [5.74, 6) is 4.21. The summed E-state index contributed by atoms with van der Waals surface area (Å²) in [6.07, 6.45) is 13.8. The number of carbonyl (C=O) groups is 1. The van der Waals surface area contributed by atoms with E-state index in [9.17, 15) is 4.79 Å². The van der Waals surface area contributed by atoms with Crippen molar-refractivity contribution in [1.82, 2.24) is 4.90 Å². The molecule has 1 saturated heterocycles. The lowest BCUT2D eigenvalue weighted by atomic mass is 9.49. The summed E-state index contributed by atoms with van der Waals surface area (Å²) in [7, 11) is 5.55. The summed E-state index contributed by atoms with van der Waals surface area (Å²) in [5, 5.41) is 1.67. The minimum atomic E-state index is 0.350. The van der Waals surface area contributed by atoms with Crippen LogP contribution in [0.25, 0.3) is 0 Å². The predicted molar refractivity (Wildman–Crippen MR) is 159 cm³/mol. The third-order valence-corrected chi connectivity index (χ3v) is 10.3. The molecule has 3 rings (SSSR count). The zero-order chi connectivity index (χ0) is 25.4. The Kier molecular flexibility index (Phi) is 11.4. The van der Waals surface area contributed by atoms with Crippen LogP contribution in [0.5, 0.6) is 0 Å². The molecule has 6 atom stereocenters. The number of benzene rings is 1. The van der Waals surface area contributed by atoms with Crippen molar-refractivity contribution in [3.8, 4) is 0 Å². The van der Waals surface area contributed by atoms with Crippen molar-refractivity contribution >= 4 is 28.2 Å². The SMILES string of the molecule is B[C@]1(C(c2cccc(P)c2)C2CCN(CC(CC)CC(C)CC)CC2)CCC[C@@H]1CCCC(C)=O. The molecular weight excluding hydrogens is 444 g/mol. The van der Waals surface area contributed by atoms with Gasteiger partial charge in [0.25, 0.3) is 0 Å². The fourth-order valence-corrected chi connectivity index (χ4v) is 7.93. The standard InChI is InChI=1S/C31H53BNOP/c1-5-23(3)20-25(6-2)22-33-18-15-26(16-19-33)30(27-11-8-14-29(35)21-27)31(32)17-9-13-28(31)12-7-10-24(4)34/h8,11,14,21,23,25-26,28,30H,5-7,9-10,12-13,15-20,22,32,35H2,1-4H3/t23?,25?,28-,30?,31+/m0/s1. The summed E-state index contributed by atoms with van der Waals surface area (Å²) in [6, 6.07) is 9.36. The molecule has 2 aliphatic rings. The summed E-state index contributed by atoms with van der Waals surface area (Å²) in [6.45, 7) is 12.7. The van der Waals surface area contributed by atoms with Crippen LogP contribution in [0.3, 0.4) is 0 Å². The molecule has 4 heteroatoms. The van der Waals surface area contributed by atoms with Gasteiger partial charge < -0.3 is 9.69 Å². The quantitative estimate of drug-likeness (QED) is 0.221. The number of rotatable bonds is 13. The van der Waals surface area contributed by atoms with E-state index in [1.165, 1.54) is 82.7 Å². The Hall–Kier alpha value is -0.655. The molecule has 35 heavy (non-hydrogen) atoms. The molecule has 0 spiro atoms. The van der Waals surface area contributed by atoms with Gasteiger partial charge in [-0.3, -0.25) is 0 Å². The largest absolute Gasteiger partial charge is 0.303 e. The second-order valence-corrected chi connectivity index (χ2v) is 13.2. The Bertz CT molecular complexity index is 792.